The molecule has 0 fully saturated rings. The maximum atomic E-state index is 12.1. The van der Waals surface area contributed by atoms with Crippen LogP contribution in [0.5, 0.6) is 0 Å². The molecule has 2 aromatic rings. The highest BCUT2D eigenvalue weighted by molar-refractivity contribution is 7.20. The number of aryl methyl sites for hydroxylation is 1. The van der Waals surface area contributed by atoms with Gasteiger partial charge in [0, 0.05) is 17.7 Å². The minimum atomic E-state index is -0.936. The number of aliphatic carboxylic acids is 1. The first-order chi connectivity index (χ1) is 12.0. The van der Waals surface area contributed by atoms with E-state index in [9.17, 15) is 14.4 Å². The second-order valence-corrected chi connectivity index (χ2v) is 6.95. The number of thiophene rings is 1. The van der Waals surface area contributed by atoms with Crippen molar-refractivity contribution in [2.45, 2.75) is 32.1 Å². The number of hydrogen-bond acceptors (Lipinski definition) is 4. The van der Waals surface area contributed by atoms with E-state index in [2.05, 4.69) is 11.4 Å². The minimum absolute atomic E-state index is 0.0651. The predicted octanol–water partition coefficient (Wildman–Crippen LogP) is 2.81. The Morgan fingerprint density at radius 3 is 2.64 bits per heavy atom. The van der Waals surface area contributed by atoms with E-state index in [1.807, 2.05) is 18.2 Å². The molecule has 0 saturated heterocycles. The summed E-state index contributed by atoms with van der Waals surface area (Å²) in [6.45, 7) is 0. The van der Waals surface area contributed by atoms with Crippen molar-refractivity contribution >= 4 is 34.1 Å². The number of nitrogens with one attached hydrogen (secondary N) is 1. The molecular weight excluding hydrogens is 340 g/mol. The number of anilines is 1. The Balaban J connectivity index is 1.88. The summed E-state index contributed by atoms with van der Waals surface area (Å²) in [7, 11) is 0. The first kappa shape index (κ1) is 17.2. The average Bonchev–Trinajstić information content (AvgIpc) is 2.92. The van der Waals surface area contributed by atoms with Crippen LogP contribution in [0.2, 0.25) is 0 Å². The predicted molar refractivity (Wildman–Crippen MR) is 95.8 cm³/mol. The monoisotopic (exact) mass is 358 g/mol. The molecule has 1 aromatic carbocycles. The SMILES string of the molecule is NC(=O)c1c(NC(=O)CCCC(=O)O)sc2c1CCc1ccccc1-2. The molecule has 0 spiro atoms. The maximum Gasteiger partial charge on any atom is 0.303 e. The molecule has 1 aromatic heterocycles. The van der Waals surface area contributed by atoms with Gasteiger partial charge in [0.05, 0.1) is 5.56 Å². The zero-order valence-electron chi connectivity index (χ0n) is 13.5. The quantitative estimate of drug-likeness (QED) is 0.737. The molecule has 7 heteroatoms. The maximum absolute atomic E-state index is 12.1. The van der Waals surface area contributed by atoms with Crippen molar-refractivity contribution in [1.82, 2.24) is 0 Å². The lowest BCUT2D eigenvalue weighted by atomic mass is 9.89. The fraction of sp³-hybridized carbons (Fsp3) is 0.278. The Morgan fingerprint density at radius 2 is 1.92 bits per heavy atom. The minimum Gasteiger partial charge on any atom is -0.481 e. The second kappa shape index (κ2) is 7.06. The van der Waals surface area contributed by atoms with E-state index in [0.717, 1.165) is 22.4 Å². The topological polar surface area (TPSA) is 109 Å². The molecule has 1 heterocycles. The fourth-order valence-electron chi connectivity index (χ4n) is 3.08. The lowest BCUT2D eigenvalue weighted by Gasteiger charge is -2.16. The van der Waals surface area contributed by atoms with Crippen molar-refractivity contribution < 1.29 is 19.5 Å². The Bertz CT molecular complexity index is 857. The summed E-state index contributed by atoms with van der Waals surface area (Å²) in [6, 6.07) is 8.00. The molecule has 2 amide bonds. The van der Waals surface area contributed by atoms with Crippen LogP contribution in [0.4, 0.5) is 5.00 Å². The van der Waals surface area contributed by atoms with E-state index in [1.165, 1.54) is 16.9 Å². The molecule has 3 rings (SSSR count). The van der Waals surface area contributed by atoms with E-state index in [0.29, 0.717) is 17.0 Å². The van der Waals surface area contributed by atoms with Crippen LogP contribution in [0, 0.1) is 0 Å². The molecule has 0 unspecified atom stereocenters. The third kappa shape index (κ3) is 3.56. The second-order valence-electron chi connectivity index (χ2n) is 5.93. The van der Waals surface area contributed by atoms with Gasteiger partial charge in [-0.05, 0) is 36.0 Å². The van der Waals surface area contributed by atoms with Crippen molar-refractivity contribution in [1.29, 1.82) is 0 Å². The van der Waals surface area contributed by atoms with Crippen LogP contribution in [0.25, 0.3) is 10.4 Å². The van der Waals surface area contributed by atoms with Gasteiger partial charge in [0.1, 0.15) is 5.00 Å². The molecule has 130 valence electrons. The molecule has 0 aliphatic heterocycles. The number of carbonyl (C=O) groups excluding carboxylic acids is 2. The zero-order chi connectivity index (χ0) is 18.0. The van der Waals surface area contributed by atoms with Crippen molar-refractivity contribution in [3.63, 3.8) is 0 Å². The molecule has 1 aliphatic carbocycles. The van der Waals surface area contributed by atoms with Crippen molar-refractivity contribution in [2.75, 3.05) is 5.32 Å². The highest BCUT2D eigenvalue weighted by Gasteiger charge is 2.27. The van der Waals surface area contributed by atoms with Gasteiger partial charge in [-0.25, -0.2) is 0 Å². The molecule has 0 saturated carbocycles. The van der Waals surface area contributed by atoms with Crippen LogP contribution in [-0.4, -0.2) is 22.9 Å². The van der Waals surface area contributed by atoms with Crippen LogP contribution in [0.15, 0.2) is 24.3 Å². The van der Waals surface area contributed by atoms with Gasteiger partial charge in [-0.1, -0.05) is 24.3 Å². The largest absolute Gasteiger partial charge is 0.481 e. The summed E-state index contributed by atoms with van der Waals surface area (Å²) in [4.78, 5) is 35.5. The highest BCUT2D eigenvalue weighted by Crippen LogP contribution is 2.44. The van der Waals surface area contributed by atoms with Crippen molar-refractivity contribution in [3.05, 3.63) is 41.0 Å². The van der Waals surface area contributed by atoms with Gasteiger partial charge >= 0.3 is 5.97 Å². The van der Waals surface area contributed by atoms with Gasteiger partial charge < -0.3 is 16.2 Å². The fourth-order valence-corrected chi connectivity index (χ4v) is 4.41. The molecule has 0 radical (unpaired) electrons. The van der Waals surface area contributed by atoms with E-state index in [-0.39, 0.29) is 25.2 Å². The van der Waals surface area contributed by atoms with Crippen molar-refractivity contribution in [3.8, 4) is 10.4 Å². The number of primary amides is 1. The molecule has 0 bridgehead atoms. The number of nitrogens with two attached hydrogens (primary N) is 1. The average molecular weight is 358 g/mol. The Labute approximate surface area is 148 Å². The summed E-state index contributed by atoms with van der Waals surface area (Å²) in [5.74, 6) is -1.80. The Kier molecular flexibility index (Phi) is 4.85. The number of carboxylic acids is 1. The molecule has 6 nitrogen and oxygen atoms in total. The van der Waals surface area contributed by atoms with Crippen LogP contribution >= 0.6 is 11.3 Å². The summed E-state index contributed by atoms with van der Waals surface area (Å²) in [5.41, 5.74) is 9.11. The van der Waals surface area contributed by atoms with Crippen LogP contribution in [0.1, 0.15) is 40.7 Å². The summed E-state index contributed by atoms with van der Waals surface area (Å²) < 4.78 is 0. The van der Waals surface area contributed by atoms with E-state index in [4.69, 9.17) is 10.8 Å². The number of carboxylic acid groups (broad SMARTS) is 1. The summed E-state index contributed by atoms with van der Waals surface area (Å²) in [6.07, 6.45) is 1.80. The lowest BCUT2D eigenvalue weighted by Crippen LogP contribution is -2.18. The van der Waals surface area contributed by atoms with Crippen molar-refractivity contribution in [2.24, 2.45) is 5.73 Å². The van der Waals surface area contributed by atoms with E-state index in [1.54, 1.807) is 0 Å². The molecular formula is C18H18N2O4S. The number of amides is 2. The van der Waals surface area contributed by atoms with Gasteiger partial charge in [0.15, 0.2) is 0 Å². The Morgan fingerprint density at radius 1 is 1.16 bits per heavy atom. The van der Waals surface area contributed by atoms with Gasteiger partial charge in [-0.3, -0.25) is 14.4 Å². The number of carbonyl (C=O) groups is 3. The number of rotatable bonds is 6. The zero-order valence-corrected chi connectivity index (χ0v) is 14.3. The molecule has 25 heavy (non-hydrogen) atoms. The number of benzene rings is 1. The molecule has 4 N–H and O–H groups in total. The van der Waals surface area contributed by atoms with Crippen LogP contribution < -0.4 is 11.1 Å². The standard InChI is InChI=1S/C18H18N2O4S/c19-17(24)15-12-9-8-10-4-1-2-5-11(10)16(12)25-18(15)20-13(21)6-3-7-14(22)23/h1-2,4-5H,3,6-9H2,(H2,19,24)(H,20,21)(H,22,23). The highest BCUT2D eigenvalue weighted by atomic mass is 32.1. The van der Waals surface area contributed by atoms with Crippen LogP contribution in [-0.2, 0) is 22.4 Å². The first-order valence-corrected chi connectivity index (χ1v) is 8.84. The number of hydrogen-bond donors (Lipinski definition) is 3. The van der Waals surface area contributed by atoms with Gasteiger partial charge in [-0.2, -0.15) is 0 Å². The lowest BCUT2D eigenvalue weighted by molar-refractivity contribution is -0.137. The normalized spacial score (nSPS) is 12.2. The van der Waals surface area contributed by atoms with Crippen LogP contribution in [0.3, 0.4) is 0 Å². The summed E-state index contributed by atoms with van der Waals surface area (Å²) >= 11 is 1.35. The van der Waals surface area contributed by atoms with E-state index < -0.39 is 11.9 Å². The number of fused-ring (bicyclic) bond motifs is 3. The van der Waals surface area contributed by atoms with Gasteiger partial charge in [-0.15, -0.1) is 11.3 Å². The Hall–Kier alpha value is -2.67. The first-order valence-electron chi connectivity index (χ1n) is 8.02. The third-order valence-electron chi connectivity index (χ3n) is 4.21. The molecule has 1 aliphatic rings. The smallest absolute Gasteiger partial charge is 0.303 e. The van der Waals surface area contributed by atoms with Gasteiger partial charge in [0.25, 0.3) is 5.91 Å². The summed E-state index contributed by atoms with van der Waals surface area (Å²) in [5, 5.41) is 11.8. The third-order valence-corrected chi connectivity index (χ3v) is 5.39. The van der Waals surface area contributed by atoms with E-state index >= 15 is 0 Å². The molecule has 0 atom stereocenters. The van der Waals surface area contributed by atoms with Gasteiger partial charge in [0.2, 0.25) is 5.91 Å².